The van der Waals surface area contributed by atoms with Crippen molar-refractivity contribution in [2.45, 2.75) is 25.2 Å². The largest absolute Gasteiger partial charge is 0.449 e. The third-order valence-electron chi connectivity index (χ3n) is 9.12. The molecule has 0 fully saturated rings. The van der Waals surface area contributed by atoms with Crippen molar-refractivity contribution in [2.75, 3.05) is 5.32 Å². The molecule has 0 aromatic heterocycles. The van der Waals surface area contributed by atoms with Gasteiger partial charge in [0.2, 0.25) is 0 Å². The first kappa shape index (κ1) is 24.1. The SMILES string of the molecule is CC1CC=CC=C1C1(c2ccccc2)c2ccccc2C2=CC=C(Nc3cccc4c3Oc3ccccc3O4)CC21. The second-order valence-electron chi connectivity index (χ2n) is 11.4. The maximum atomic E-state index is 6.36. The van der Waals surface area contributed by atoms with Gasteiger partial charge in [0, 0.05) is 17.0 Å². The van der Waals surface area contributed by atoms with Crippen LogP contribution in [0.25, 0.3) is 5.57 Å². The lowest BCUT2D eigenvalue weighted by Gasteiger charge is -2.44. The van der Waals surface area contributed by atoms with Gasteiger partial charge >= 0.3 is 0 Å². The average Bonchev–Trinajstić information content (AvgIpc) is 3.31. The Morgan fingerprint density at radius 3 is 2.34 bits per heavy atom. The number of fused-ring (bicyclic) bond motifs is 5. The van der Waals surface area contributed by atoms with Gasteiger partial charge in [-0.3, -0.25) is 0 Å². The predicted molar refractivity (Wildman–Crippen MR) is 165 cm³/mol. The standard InChI is InChI=1S/C38H31NO2/c1-25-12-5-7-16-30(25)38(26-13-3-2-4-14-26)31-17-8-6-15-28(31)29-23-22-27(24-32(29)38)39-33-18-11-21-36-37(33)41-35-20-10-9-19-34(35)40-36/h2-11,13-23,25,32,39H,12,24H2,1H3. The minimum absolute atomic E-state index is 0.246. The van der Waals surface area contributed by atoms with Crippen molar-refractivity contribution in [2.24, 2.45) is 11.8 Å². The minimum atomic E-state index is -0.246. The zero-order valence-electron chi connectivity index (χ0n) is 23.0. The van der Waals surface area contributed by atoms with E-state index in [1.54, 1.807) is 0 Å². The van der Waals surface area contributed by atoms with Crippen LogP contribution < -0.4 is 14.8 Å². The monoisotopic (exact) mass is 533 g/mol. The van der Waals surface area contributed by atoms with Crippen molar-refractivity contribution >= 4 is 11.3 Å². The third-order valence-corrected chi connectivity index (χ3v) is 9.12. The van der Waals surface area contributed by atoms with Crippen LogP contribution in [0.3, 0.4) is 0 Å². The lowest BCUT2D eigenvalue weighted by atomic mass is 9.59. The molecule has 200 valence electrons. The van der Waals surface area contributed by atoms with Crippen molar-refractivity contribution in [1.82, 2.24) is 0 Å². The summed E-state index contributed by atoms with van der Waals surface area (Å²) in [6.45, 7) is 2.38. The van der Waals surface area contributed by atoms with E-state index < -0.39 is 0 Å². The van der Waals surface area contributed by atoms with Gasteiger partial charge in [0.15, 0.2) is 23.0 Å². The van der Waals surface area contributed by atoms with Crippen molar-refractivity contribution in [3.63, 3.8) is 0 Å². The first-order chi connectivity index (χ1) is 20.2. The van der Waals surface area contributed by atoms with Gasteiger partial charge in [0.05, 0.1) is 5.69 Å². The van der Waals surface area contributed by atoms with E-state index in [4.69, 9.17) is 9.47 Å². The van der Waals surface area contributed by atoms with Gasteiger partial charge in [-0.1, -0.05) is 110 Å². The molecular formula is C38H31NO2. The smallest absolute Gasteiger partial charge is 0.193 e. The van der Waals surface area contributed by atoms with Gasteiger partial charge in [0.1, 0.15) is 0 Å². The Hall–Kier alpha value is -4.76. The van der Waals surface area contributed by atoms with Crippen LogP contribution in [0.4, 0.5) is 5.69 Å². The lowest BCUT2D eigenvalue weighted by Crippen LogP contribution is -2.39. The van der Waals surface area contributed by atoms with Crippen molar-refractivity contribution in [3.8, 4) is 23.0 Å². The number of hydrogen-bond donors (Lipinski definition) is 1. The molecule has 0 amide bonds. The molecule has 1 aliphatic heterocycles. The summed E-state index contributed by atoms with van der Waals surface area (Å²) in [5.41, 5.74) is 8.89. The molecule has 0 saturated heterocycles. The summed E-state index contributed by atoms with van der Waals surface area (Å²) >= 11 is 0. The Bertz CT molecular complexity index is 1790. The van der Waals surface area contributed by atoms with E-state index in [9.17, 15) is 0 Å². The highest BCUT2D eigenvalue weighted by atomic mass is 16.6. The normalized spacial score (nSPS) is 23.4. The highest BCUT2D eigenvalue weighted by Crippen LogP contribution is 2.62. The summed E-state index contributed by atoms with van der Waals surface area (Å²) in [6.07, 6.45) is 13.5. The van der Waals surface area contributed by atoms with Crippen molar-refractivity contribution < 1.29 is 9.47 Å². The molecule has 4 aromatic rings. The fourth-order valence-corrected chi connectivity index (χ4v) is 7.39. The van der Waals surface area contributed by atoms with E-state index in [2.05, 4.69) is 103 Å². The van der Waals surface area contributed by atoms with Crippen LogP contribution >= 0.6 is 0 Å². The number of ether oxygens (including phenoxy) is 2. The molecule has 3 unspecified atom stereocenters. The number of allylic oxidation sites excluding steroid dienone is 8. The molecule has 4 aromatic carbocycles. The topological polar surface area (TPSA) is 30.5 Å². The molecule has 3 nitrogen and oxygen atoms in total. The van der Waals surface area contributed by atoms with E-state index in [0.29, 0.717) is 5.92 Å². The fourth-order valence-electron chi connectivity index (χ4n) is 7.39. The van der Waals surface area contributed by atoms with Gasteiger partial charge in [-0.2, -0.15) is 0 Å². The second kappa shape index (κ2) is 9.42. The molecule has 3 aliphatic carbocycles. The quantitative estimate of drug-likeness (QED) is 0.249. The van der Waals surface area contributed by atoms with Crippen LogP contribution in [0.2, 0.25) is 0 Å². The molecular weight excluding hydrogens is 502 g/mol. The number of anilines is 1. The second-order valence-corrected chi connectivity index (χ2v) is 11.4. The molecule has 41 heavy (non-hydrogen) atoms. The van der Waals surface area contributed by atoms with Gasteiger partial charge < -0.3 is 14.8 Å². The summed E-state index contributed by atoms with van der Waals surface area (Å²) in [5, 5.41) is 3.76. The van der Waals surface area contributed by atoms with Gasteiger partial charge in [-0.25, -0.2) is 0 Å². The number of hydrogen-bond acceptors (Lipinski definition) is 3. The number of benzene rings is 4. The molecule has 8 rings (SSSR count). The van der Waals surface area contributed by atoms with Crippen LogP contribution in [0.15, 0.2) is 139 Å². The third kappa shape index (κ3) is 3.65. The van der Waals surface area contributed by atoms with Gasteiger partial charge in [-0.15, -0.1) is 0 Å². The Labute approximate surface area is 241 Å². The van der Waals surface area contributed by atoms with Crippen LogP contribution in [0.1, 0.15) is 36.5 Å². The summed E-state index contributed by atoms with van der Waals surface area (Å²) in [5.74, 6) is 3.62. The predicted octanol–water partition coefficient (Wildman–Crippen LogP) is 9.81. The highest BCUT2D eigenvalue weighted by Gasteiger charge is 2.54. The molecule has 1 N–H and O–H groups in total. The molecule has 0 bridgehead atoms. The maximum absolute atomic E-state index is 6.36. The van der Waals surface area contributed by atoms with Crippen LogP contribution in [0, 0.1) is 11.8 Å². The van der Waals surface area contributed by atoms with Crippen LogP contribution in [-0.4, -0.2) is 0 Å². The summed E-state index contributed by atoms with van der Waals surface area (Å²) in [4.78, 5) is 0. The Morgan fingerprint density at radius 2 is 1.49 bits per heavy atom. The van der Waals surface area contributed by atoms with Gasteiger partial charge in [-0.05, 0) is 71.4 Å². The van der Waals surface area contributed by atoms with E-state index in [0.717, 1.165) is 41.5 Å². The Kier molecular flexibility index (Phi) is 5.53. The molecule has 4 aliphatic rings. The first-order valence-corrected chi connectivity index (χ1v) is 14.5. The average molecular weight is 534 g/mol. The van der Waals surface area contributed by atoms with Crippen LogP contribution in [-0.2, 0) is 5.41 Å². The van der Waals surface area contributed by atoms with E-state index in [1.807, 2.05) is 36.4 Å². The van der Waals surface area contributed by atoms with Crippen molar-refractivity contribution in [1.29, 1.82) is 0 Å². The summed E-state index contributed by atoms with van der Waals surface area (Å²) in [6, 6.07) is 34.1. The molecule has 3 heteroatoms. The maximum Gasteiger partial charge on any atom is 0.193 e. The molecule has 1 heterocycles. The van der Waals surface area contributed by atoms with Crippen LogP contribution in [0.5, 0.6) is 23.0 Å². The minimum Gasteiger partial charge on any atom is -0.449 e. The first-order valence-electron chi connectivity index (χ1n) is 14.5. The Balaban J connectivity index is 1.24. The number of rotatable bonds is 4. The van der Waals surface area contributed by atoms with Crippen molar-refractivity contribution in [3.05, 3.63) is 155 Å². The zero-order valence-corrected chi connectivity index (χ0v) is 23.0. The lowest BCUT2D eigenvalue weighted by molar-refractivity contribution is 0.361. The number of nitrogens with one attached hydrogen (secondary N) is 1. The molecule has 0 spiro atoms. The van der Waals surface area contributed by atoms with E-state index in [-0.39, 0.29) is 11.3 Å². The highest BCUT2D eigenvalue weighted by molar-refractivity contribution is 5.85. The summed E-state index contributed by atoms with van der Waals surface area (Å²) < 4.78 is 12.6. The Morgan fingerprint density at radius 1 is 0.732 bits per heavy atom. The molecule has 0 saturated carbocycles. The number of para-hydroxylation sites is 3. The fraction of sp³-hybridized carbons (Fsp3) is 0.158. The summed E-state index contributed by atoms with van der Waals surface area (Å²) in [7, 11) is 0. The molecule has 3 atom stereocenters. The van der Waals surface area contributed by atoms with Gasteiger partial charge in [0.25, 0.3) is 0 Å². The molecule has 0 radical (unpaired) electrons. The van der Waals surface area contributed by atoms with E-state index in [1.165, 1.54) is 33.5 Å². The zero-order chi connectivity index (χ0) is 27.4. The van der Waals surface area contributed by atoms with E-state index >= 15 is 0 Å².